The third-order valence-electron chi connectivity index (χ3n) is 2.18. The first-order chi connectivity index (χ1) is 6.74. The Labute approximate surface area is 86.5 Å². The predicted octanol–water partition coefficient (Wildman–Crippen LogP) is 3.25. The summed E-state index contributed by atoms with van der Waals surface area (Å²) in [6.45, 7) is 5.24. The van der Waals surface area contributed by atoms with E-state index in [4.69, 9.17) is 6.42 Å². The second-order valence-electron chi connectivity index (χ2n) is 3.66. The van der Waals surface area contributed by atoms with Crippen LogP contribution in [0.15, 0.2) is 24.3 Å². The summed E-state index contributed by atoms with van der Waals surface area (Å²) in [6, 6.07) is 8.52. The molecule has 0 atom stereocenters. The normalized spacial score (nSPS) is 9.86. The van der Waals surface area contributed by atoms with Gasteiger partial charge in [-0.15, -0.1) is 12.3 Å². The van der Waals surface area contributed by atoms with E-state index in [-0.39, 0.29) is 0 Å². The monoisotopic (exact) mass is 187 g/mol. The number of benzene rings is 1. The van der Waals surface area contributed by atoms with Crippen LogP contribution < -0.4 is 5.32 Å². The lowest BCUT2D eigenvalue weighted by atomic mass is 10.0. The van der Waals surface area contributed by atoms with Crippen LogP contribution >= 0.6 is 0 Å². The minimum atomic E-state index is 0.592. The first-order valence-corrected chi connectivity index (χ1v) is 5.01. The van der Waals surface area contributed by atoms with Crippen LogP contribution in [-0.2, 0) is 0 Å². The molecular weight excluding hydrogens is 170 g/mol. The predicted molar refractivity (Wildman–Crippen MR) is 62.5 cm³/mol. The summed E-state index contributed by atoms with van der Waals surface area (Å²) in [5.41, 5.74) is 2.51. The van der Waals surface area contributed by atoms with Gasteiger partial charge in [-0.25, -0.2) is 0 Å². The van der Waals surface area contributed by atoms with Crippen molar-refractivity contribution in [1.82, 2.24) is 0 Å². The molecule has 74 valence electrons. The molecule has 0 saturated carbocycles. The molecule has 0 aliphatic carbocycles. The number of anilines is 1. The van der Waals surface area contributed by atoms with E-state index in [1.165, 1.54) is 5.56 Å². The van der Waals surface area contributed by atoms with Crippen molar-refractivity contribution in [3.05, 3.63) is 29.8 Å². The fourth-order valence-corrected chi connectivity index (χ4v) is 1.26. The van der Waals surface area contributed by atoms with Gasteiger partial charge in [0.15, 0.2) is 0 Å². The van der Waals surface area contributed by atoms with Crippen LogP contribution in [0.3, 0.4) is 0 Å². The molecule has 0 bridgehead atoms. The lowest BCUT2D eigenvalue weighted by molar-refractivity contribution is 0.867. The van der Waals surface area contributed by atoms with E-state index in [1.54, 1.807) is 0 Å². The van der Waals surface area contributed by atoms with Crippen molar-refractivity contribution in [1.29, 1.82) is 0 Å². The number of rotatable bonds is 4. The summed E-state index contributed by atoms with van der Waals surface area (Å²) >= 11 is 0. The Kier molecular flexibility index (Phi) is 4.07. The minimum absolute atomic E-state index is 0.592. The summed E-state index contributed by atoms with van der Waals surface area (Å²) in [4.78, 5) is 0. The highest BCUT2D eigenvalue weighted by molar-refractivity contribution is 5.45. The largest absolute Gasteiger partial charge is 0.384 e. The van der Waals surface area contributed by atoms with E-state index in [2.05, 4.69) is 49.4 Å². The molecule has 0 radical (unpaired) electrons. The van der Waals surface area contributed by atoms with Crippen LogP contribution in [0.1, 0.15) is 31.7 Å². The zero-order chi connectivity index (χ0) is 10.4. The quantitative estimate of drug-likeness (QED) is 0.563. The molecule has 0 unspecified atom stereocenters. The summed E-state index contributed by atoms with van der Waals surface area (Å²) < 4.78 is 0. The Bertz CT molecular complexity index is 303. The SMILES string of the molecule is C#CCCNc1ccc(C(C)C)cc1. The zero-order valence-corrected chi connectivity index (χ0v) is 8.88. The Hall–Kier alpha value is -1.42. The van der Waals surface area contributed by atoms with E-state index in [0.29, 0.717) is 5.92 Å². The van der Waals surface area contributed by atoms with Crippen LogP contribution in [0.25, 0.3) is 0 Å². The molecule has 0 amide bonds. The molecule has 0 heterocycles. The second-order valence-corrected chi connectivity index (χ2v) is 3.66. The van der Waals surface area contributed by atoms with Crippen LogP contribution in [0, 0.1) is 12.3 Å². The van der Waals surface area contributed by atoms with Crippen molar-refractivity contribution in [2.24, 2.45) is 0 Å². The average Bonchev–Trinajstić information content (AvgIpc) is 2.19. The van der Waals surface area contributed by atoms with Crippen molar-refractivity contribution in [2.45, 2.75) is 26.2 Å². The highest BCUT2D eigenvalue weighted by atomic mass is 14.9. The summed E-state index contributed by atoms with van der Waals surface area (Å²) in [5.74, 6) is 3.20. The smallest absolute Gasteiger partial charge is 0.0340 e. The van der Waals surface area contributed by atoms with Crippen molar-refractivity contribution < 1.29 is 0 Å². The highest BCUT2D eigenvalue weighted by Gasteiger charge is 1.97. The van der Waals surface area contributed by atoms with Crippen LogP contribution in [0.5, 0.6) is 0 Å². The van der Waals surface area contributed by atoms with Crippen molar-refractivity contribution in [3.63, 3.8) is 0 Å². The molecule has 1 nitrogen and oxygen atoms in total. The Balaban J connectivity index is 2.52. The maximum absolute atomic E-state index is 5.17. The van der Waals surface area contributed by atoms with Gasteiger partial charge in [0, 0.05) is 18.7 Å². The van der Waals surface area contributed by atoms with E-state index >= 15 is 0 Å². The number of terminal acetylenes is 1. The molecule has 1 rings (SSSR count). The topological polar surface area (TPSA) is 12.0 Å². The lowest BCUT2D eigenvalue weighted by Gasteiger charge is -2.07. The zero-order valence-electron chi connectivity index (χ0n) is 8.88. The fraction of sp³-hybridized carbons (Fsp3) is 0.385. The number of hydrogen-bond donors (Lipinski definition) is 1. The molecule has 0 aromatic heterocycles. The first-order valence-electron chi connectivity index (χ1n) is 5.01. The molecule has 0 spiro atoms. The van der Waals surface area contributed by atoms with Crippen LogP contribution in [0.2, 0.25) is 0 Å². The molecule has 0 saturated heterocycles. The first kappa shape index (κ1) is 10.7. The molecule has 0 aliphatic rings. The Morgan fingerprint density at radius 2 is 1.93 bits per heavy atom. The molecule has 1 aromatic rings. The van der Waals surface area contributed by atoms with Gasteiger partial charge >= 0.3 is 0 Å². The van der Waals surface area contributed by atoms with E-state index < -0.39 is 0 Å². The summed E-state index contributed by atoms with van der Waals surface area (Å²) in [5, 5.41) is 3.27. The second kappa shape index (κ2) is 5.34. The maximum Gasteiger partial charge on any atom is 0.0340 e. The van der Waals surface area contributed by atoms with Crippen LogP contribution in [0.4, 0.5) is 5.69 Å². The van der Waals surface area contributed by atoms with Crippen LogP contribution in [-0.4, -0.2) is 6.54 Å². The minimum Gasteiger partial charge on any atom is -0.384 e. The van der Waals surface area contributed by atoms with E-state index in [0.717, 1.165) is 18.7 Å². The standard InChI is InChI=1S/C13H17N/c1-4-5-10-14-13-8-6-12(7-9-13)11(2)3/h1,6-9,11,14H,5,10H2,2-3H3. The maximum atomic E-state index is 5.17. The van der Waals surface area contributed by atoms with Gasteiger partial charge in [-0.1, -0.05) is 26.0 Å². The van der Waals surface area contributed by atoms with Gasteiger partial charge in [-0.3, -0.25) is 0 Å². The molecule has 14 heavy (non-hydrogen) atoms. The highest BCUT2D eigenvalue weighted by Crippen LogP contribution is 2.16. The molecular formula is C13H17N. The van der Waals surface area contributed by atoms with Crippen molar-refractivity contribution in [2.75, 3.05) is 11.9 Å². The molecule has 1 N–H and O–H groups in total. The Morgan fingerprint density at radius 3 is 2.43 bits per heavy atom. The Morgan fingerprint density at radius 1 is 1.29 bits per heavy atom. The fourth-order valence-electron chi connectivity index (χ4n) is 1.26. The summed E-state index contributed by atoms with van der Waals surface area (Å²) in [6.07, 6.45) is 5.94. The van der Waals surface area contributed by atoms with Crippen molar-refractivity contribution >= 4 is 5.69 Å². The molecule has 1 aromatic carbocycles. The van der Waals surface area contributed by atoms with E-state index in [1.807, 2.05) is 0 Å². The lowest BCUT2D eigenvalue weighted by Crippen LogP contribution is -2.00. The van der Waals surface area contributed by atoms with Gasteiger partial charge in [0.25, 0.3) is 0 Å². The average molecular weight is 187 g/mol. The number of nitrogens with one attached hydrogen (secondary N) is 1. The molecule has 1 heteroatoms. The molecule has 0 aliphatic heterocycles. The van der Waals surface area contributed by atoms with Gasteiger partial charge in [0.2, 0.25) is 0 Å². The van der Waals surface area contributed by atoms with Gasteiger partial charge in [0.05, 0.1) is 0 Å². The van der Waals surface area contributed by atoms with E-state index in [9.17, 15) is 0 Å². The number of hydrogen-bond acceptors (Lipinski definition) is 1. The van der Waals surface area contributed by atoms with Gasteiger partial charge < -0.3 is 5.32 Å². The van der Waals surface area contributed by atoms with Crippen molar-refractivity contribution in [3.8, 4) is 12.3 Å². The third kappa shape index (κ3) is 3.14. The van der Waals surface area contributed by atoms with Gasteiger partial charge in [0.1, 0.15) is 0 Å². The summed E-state index contributed by atoms with van der Waals surface area (Å²) in [7, 11) is 0. The molecule has 0 fully saturated rings. The van der Waals surface area contributed by atoms with Gasteiger partial charge in [-0.2, -0.15) is 0 Å². The van der Waals surface area contributed by atoms with Gasteiger partial charge in [-0.05, 0) is 23.6 Å². The third-order valence-corrected chi connectivity index (χ3v) is 2.18.